The van der Waals surface area contributed by atoms with Crippen molar-refractivity contribution in [2.75, 3.05) is 41.1 Å². The van der Waals surface area contributed by atoms with Crippen molar-refractivity contribution in [2.45, 2.75) is 180 Å². The number of fused-ring (bicyclic) bond motifs is 3. The van der Waals surface area contributed by atoms with Crippen LogP contribution in [0.3, 0.4) is 0 Å². The number of cyclic esters (lactones) is 1. The minimum atomic E-state index is -2.43. The predicted molar refractivity (Wildman–Crippen MR) is 256 cm³/mol. The van der Waals surface area contributed by atoms with E-state index in [0.717, 1.165) is 12.0 Å². The molecule has 0 aromatic rings. The summed E-state index contributed by atoms with van der Waals surface area (Å²) in [4.78, 5) is 72.1. The molecule has 0 aromatic carbocycles. The van der Waals surface area contributed by atoms with Crippen LogP contribution in [0.4, 0.5) is 0 Å². The topological polar surface area (TPSA) is 205 Å². The van der Waals surface area contributed by atoms with Gasteiger partial charge in [0, 0.05) is 58.5 Å². The summed E-state index contributed by atoms with van der Waals surface area (Å²) < 4.78 is 35.6. The number of ketones is 3. The number of methoxy groups -OCH3 is 3. The van der Waals surface area contributed by atoms with E-state index in [-0.39, 0.29) is 74.1 Å². The van der Waals surface area contributed by atoms with Gasteiger partial charge in [-0.15, -0.1) is 0 Å². The van der Waals surface area contributed by atoms with E-state index in [1.165, 1.54) is 12.0 Å². The maximum absolute atomic E-state index is 14.5. The third-order valence-electron chi connectivity index (χ3n) is 14.9. The standard InChI is InChI=1S/C53H83NO14/c1-32-16-12-11-13-17-33(2)44(63-8)30-40-21-19-38(7)53(62,68-40)50(59)51(60)54-23-15-14-18-41(54)52(61)67-45(35(4)28-39-20-22-43(66-25-24-55)46(29-39)64-9)31-42(56)34(3)27-37(6)48(58)49(65-10)47(57)36(5)26-32/h11-13,16-17,27,32,34-36,38-41,43-46,48-49,55,58,62H,14-15,18-26,28-31H2,1-10H3/b13-11+,16-12+,33-17+,37-27+/t32-,34-,35-,36?,38-,39+,40?,41+,43-,44+,45+,46-,48-,49?,53-/m1/s1. The van der Waals surface area contributed by atoms with Crippen molar-refractivity contribution in [2.24, 2.45) is 35.5 Å². The second-order valence-electron chi connectivity index (χ2n) is 20.2. The molecule has 15 atom stereocenters. The third-order valence-corrected chi connectivity index (χ3v) is 14.9. The first-order valence-corrected chi connectivity index (χ1v) is 25.0. The van der Waals surface area contributed by atoms with Crippen LogP contribution in [0, 0.1) is 35.5 Å². The molecule has 1 amide bonds. The molecule has 15 nitrogen and oxygen atoms in total. The van der Waals surface area contributed by atoms with Crippen LogP contribution >= 0.6 is 0 Å². The largest absolute Gasteiger partial charge is 0.460 e. The average molecular weight is 958 g/mol. The van der Waals surface area contributed by atoms with Crippen LogP contribution in [-0.4, -0.2) is 145 Å². The highest BCUT2D eigenvalue weighted by atomic mass is 16.6. The number of amides is 1. The van der Waals surface area contributed by atoms with Gasteiger partial charge in [-0.05, 0) is 107 Å². The lowest BCUT2D eigenvalue weighted by molar-refractivity contribution is -0.265. The summed E-state index contributed by atoms with van der Waals surface area (Å²) in [6.45, 7) is 12.9. The van der Waals surface area contributed by atoms with Gasteiger partial charge in [0.15, 0.2) is 5.78 Å². The van der Waals surface area contributed by atoms with Gasteiger partial charge in [0.1, 0.15) is 30.1 Å². The minimum Gasteiger partial charge on any atom is -0.460 e. The lowest BCUT2D eigenvalue weighted by Gasteiger charge is -2.42. The highest BCUT2D eigenvalue weighted by Crippen LogP contribution is 2.38. The SMILES string of the molecule is COC1C(=O)C(C)C[C@H](C)/C=C/C=C/C=C(\C)[C@@H](OC)CC2CC[C@@H](C)[C@@](O)(O2)C(=O)C(=O)N2CCCC[C@H]2C(=O)O[C@H]([C@H](C)C[C@@H]2CC[C@@H](OCCO)[C@H](OC)C2)CC(=O)[C@H](C)/C=C(\C)[C@H]1O. The molecule has 3 fully saturated rings. The Bertz CT molecular complexity index is 1810. The molecule has 0 radical (unpaired) electrons. The van der Waals surface area contributed by atoms with Crippen molar-refractivity contribution in [3.8, 4) is 0 Å². The number of ether oxygens (including phenoxy) is 6. The number of rotatable bonds is 9. The Labute approximate surface area is 405 Å². The molecule has 3 N–H and O–H groups in total. The summed E-state index contributed by atoms with van der Waals surface area (Å²) in [5.41, 5.74) is 1.26. The number of hydrogen-bond donors (Lipinski definition) is 3. The Kier molecular flexibility index (Phi) is 22.9. The zero-order valence-electron chi connectivity index (χ0n) is 42.4. The van der Waals surface area contributed by atoms with Gasteiger partial charge in [-0.1, -0.05) is 71.1 Å². The maximum atomic E-state index is 14.5. The summed E-state index contributed by atoms with van der Waals surface area (Å²) >= 11 is 0. The number of piperidine rings is 1. The minimum absolute atomic E-state index is 0.0158. The van der Waals surface area contributed by atoms with Crippen molar-refractivity contribution in [1.82, 2.24) is 4.90 Å². The number of allylic oxidation sites excluding steroid dienone is 6. The van der Waals surface area contributed by atoms with E-state index in [1.807, 2.05) is 58.1 Å². The van der Waals surface area contributed by atoms with Crippen molar-refractivity contribution in [3.05, 3.63) is 47.6 Å². The Balaban J connectivity index is 1.70. The predicted octanol–water partition coefficient (Wildman–Crippen LogP) is 6.20. The van der Waals surface area contributed by atoms with Gasteiger partial charge in [-0.2, -0.15) is 0 Å². The van der Waals surface area contributed by atoms with E-state index in [9.17, 15) is 39.3 Å². The van der Waals surface area contributed by atoms with E-state index < -0.39 is 77.8 Å². The molecule has 3 unspecified atom stereocenters. The van der Waals surface area contributed by atoms with Crippen molar-refractivity contribution in [1.29, 1.82) is 0 Å². The van der Waals surface area contributed by atoms with E-state index in [1.54, 1.807) is 41.1 Å². The Morgan fingerprint density at radius 1 is 0.853 bits per heavy atom. The fourth-order valence-corrected chi connectivity index (χ4v) is 10.5. The zero-order chi connectivity index (χ0) is 50.3. The van der Waals surface area contributed by atoms with Crippen LogP contribution in [-0.2, 0) is 52.4 Å². The van der Waals surface area contributed by atoms with Crippen LogP contribution in [0.5, 0.6) is 0 Å². The summed E-state index contributed by atoms with van der Waals surface area (Å²) in [5, 5.41) is 32.8. The van der Waals surface area contributed by atoms with E-state index in [4.69, 9.17) is 28.4 Å². The highest BCUT2D eigenvalue weighted by molar-refractivity contribution is 6.39. The number of carbonyl (C=O) groups is 5. The Hall–Kier alpha value is -3.41. The van der Waals surface area contributed by atoms with Gasteiger partial charge in [0.05, 0.1) is 37.6 Å². The van der Waals surface area contributed by atoms with E-state index >= 15 is 0 Å². The molecule has 3 heterocycles. The van der Waals surface area contributed by atoms with Gasteiger partial charge in [0.25, 0.3) is 11.7 Å². The fourth-order valence-electron chi connectivity index (χ4n) is 10.5. The highest BCUT2D eigenvalue weighted by Gasteiger charge is 2.53. The summed E-state index contributed by atoms with van der Waals surface area (Å²) in [7, 11) is 4.58. The number of carbonyl (C=O) groups excluding carboxylic acids is 5. The molecule has 0 spiro atoms. The molecular formula is C53H83NO14. The molecule has 3 aliphatic heterocycles. The smallest absolute Gasteiger partial charge is 0.329 e. The van der Waals surface area contributed by atoms with Crippen LogP contribution in [0.25, 0.3) is 0 Å². The number of nitrogens with zero attached hydrogens (tertiary/aromatic N) is 1. The molecule has 2 bridgehead atoms. The van der Waals surface area contributed by atoms with E-state index in [0.29, 0.717) is 63.4 Å². The lowest BCUT2D eigenvalue weighted by Crippen LogP contribution is -2.61. The number of aliphatic hydroxyl groups is 3. The first-order chi connectivity index (χ1) is 32.3. The molecule has 0 aromatic heterocycles. The van der Waals surface area contributed by atoms with Crippen molar-refractivity contribution in [3.63, 3.8) is 0 Å². The van der Waals surface area contributed by atoms with Crippen LogP contribution < -0.4 is 0 Å². The normalized spacial score (nSPS) is 39.2. The van der Waals surface area contributed by atoms with Crippen LogP contribution in [0.15, 0.2) is 47.6 Å². The number of aliphatic hydroxyl groups excluding tert-OH is 2. The first-order valence-electron chi connectivity index (χ1n) is 25.0. The van der Waals surface area contributed by atoms with Crippen molar-refractivity contribution >= 4 is 29.2 Å². The Morgan fingerprint density at radius 3 is 2.26 bits per heavy atom. The zero-order valence-corrected chi connectivity index (χ0v) is 42.4. The third kappa shape index (κ3) is 15.3. The van der Waals surface area contributed by atoms with E-state index in [2.05, 4.69) is 0 Å². The molecule has 384 valence electrons. The van der Waals surface area contributed by atoms with Crippen LogP contribution in [0.1, 0.15) is 126 Å². The van der Waals surface area contributed by atoms with Gasteiger partial charge in [0.2, 0.25) is 5.79 Å². The quantitative estimate of drug-likeness (QED) is 0.134. The molecular weight excluding hydrogens is 875 g/mol. The average Bonchev–Trinajstić information content (AvgIpc) is 3.32. The van der Waals surface area contributed by atoms with Gasteiger partial charge < -0.3 is 48.6 Å². The summed E-state index contributed by atoms with van der Waals surface area (Å²) in [6.07, 6.45) is 12.0. The number of hydrogen-bond acceptors (Lipinski definition) is 14. The summed E-state index contributed by atoms with van der Waals surface area (Å²) in [5.74, 6) is -7.96. The van der Waals surface area contributed by atoms with Gasteiger partial charge in [-0.25, -0.2) is 4.79 Å². The molecule has 4 rings (SSSR count). The number of Topliss-reactive ketones (excluding diaryl/α,β-unsaturated/α-hetero) is 3. The first kappa shape index (κ1) is 57.2. The number of esters is 1. The van der Waals surface area contributed by atoms with Crippen molar-refractivity contribution < 1.29 is 67.7 Å². The Morgan fingerprint density at radius 2 is 1.59 bits per heavy atom. The molecule has 15 heteroatoms. The maximum Gasteiger partial charge on any atom is 0.329 e. The lowest BCUT2D eigenvalue weighted by atomic mass is 9.78. The fraction of sp³-hybridized carbons (Fsp3) is 0.755. The molecule has 68 heavy (non-hydrogen) atoms. The molecule has 1 saturated carbocycles. The van der Waals surface area contributed by atoms with Gasteiger partial charge >= 0.3 is 5.97 Å². The van der Waals surface area contributed by atoms with Gasteiger partial charge in [-0.3, -0.25) is 19.2 Å². The molecule has 1 aliphatic carbocycles. The molecule has 4 aliphatic rings. The molecule has 2 saturated heterocycles. The van der Waals surface area contributed by atoms with Crippen LogP contribution in [0.2, 0.25) is 0 Å². The second-order valence-corrected chi connectivity index (χ2v) is 20.2. The second kappa shape index (κ2) is 27.3. The summed E-state index contributed by atoms with van der Waals surface area (Å²) in [6, 6.07) is -1.14. The monoisotopic (exact) mass is 958 g/mol.